The number of phenolic OH excluding ortho intramolecular Hbond substituents is 1. The number of halogens is 1. The summed E-state index contributed by atoms with van der Waals surface area (Å²) in [6.45, 7) is 2.39. The summed E-state index contributed by atoms with van der Waals surface area (Å²) in [4.78, 5) is 29.8. The van der Waals surface area contributed by atoms with Gasteiger partial charge < -0.3 is 26.2 Å². The number of nitrogens with zero attached hydrogens (tertiary/aromatic N) is 11. The van der Waals surface area contributed by atoms with Gasteiger partial charge in [-0.25, -0.2) is 43.7 Å². The normalized spacial score (nSPS) is 12.0. The molecular formula is C51H40FN13O2. The topological polar surface area (TPSA) is 198 Å². The molecule has 11 aromatic rings. The molecule has 16 heteroatoms. The van der Waals surface area contributed by atoms with Crippen LogP contribution in [-0.4, -0.2) is 67.8 Å². The quantitative estimate of drug-likeness (QED) is 0.104. The van der Waals surface area contributed by atoms with Gasteiger partial charge in [0.2, 0.25) is 0 Å². The SMILES string of the molecule is CC(Oc1cc(F)cc(-c2nn(Cc3cc4ccccc4nc3-c3ccccc3)c3ncnc(N)c23)c1)N(C)c1nc2ccccc2cc1Cn1nc(-c2cccc(O)c2)c2c(N)ncnc21. The van der Waals surface area contributed by atoms with E-state index in [0.717, 1.165) is 44.2 Å². The largest absolute Gasteiger partial charge is 0.508 e. The van der Waals surface area contributed by atoms with E-state index >= 15 is 4.39 Å². The number of pyridine rings is 2. The van der Waals surface area contributed by atoms with E-state index in [4.69, 9.17) is 36.4 Å². The summed E-state index contributed by atoms with van der Waals surface area (Å²) >= 11 is 0. The number of anilines is 3. The first-order valence-electron chi connectivity index (χ1n) is 21.4. The van der Waals surface area contributed by atoms with Gasteiger partial charge in [0.05, 0.1) is 40.6 Å². The molecule has 5 N–H and O–H groups in total. The molecule has 6 aromatic heterocycles. The Balaban J connectivity index is 0.941. The predicted octanol–water partition coefficient (Wildman–Crippen LogP) is 9.03. The average Bonchev–Trinajstić information content (AvgIpc) is 3.90. The van der Waals surface area contributed by atoms with E-state index in [0.29, 0.717) is 56.9 Å². The molecule has 0 bridgehead atoms. The summed E-state index contributed by atoms with van der Waals surface area (Å²) < 4.78 is 25.9. The summed E-state index contributed by atoms with van der Waals surface area (Å²) in [7, 11) is 1.86. The lowest BCUT2D eigenvalue weighted by molar-refractivity contribution is 0.220. The van der Waals surface area contributed by atoms with Crippen LogP contribution in [0.25, 0.3) is 77.6 Å². The van der Waals surface area contributed by atoms with Crippen LogP contribution in [0.3, 0.4) is 0 Å². The van der Waals surface area contributed by atoms with Crippen LogP contribution < -0.4 is 21.1 Å². The minimum atomic E-state index is -0.670. The van der Waals surface area contributed by atoms with Crippen LogP contribution in [-0.2, 0) is 13.1 Å². The average molecular weight is 886 g/mol. The number of para-hydroxylation sites is 2. The standard InChI is InChI=1S/C51H40FN13O2/c1-29(63(2)49-36(20-32-14-7-9-18-41(32)60-49)26-65-50-42(47(53)55-27-57-50)45(61-65)33-15-10-16-38(66)22-33)67-39-23-34(21-37(52)24-39)46-43-48(54)56-28-58-51(43)64(62-46)25-35-19-31-13-6-8-17-40(31)59-44(35)30-11-4-3-5-12-30/h3-24,27-29,66H,25-26H2,1-2H3,(H2,53,55,57)(H2,54,56,58). The van der Waals surface area contributed by atoms with Crippen molar-refractivity contribution in [3.63, 3.8) is 0 Å². The summed E-state index contributed by atoms with van der Waals surface area (Å²) in [6, 6.07) is 41.2. The molecule has 0 radical (unpaired) electrons. The molecule has 11 rings (SSSR count). The van der Waals surface area contributed by atoms with E-state index in [1.165, 1.54) is 24.8 Å². The molecule has 0 aliphatic heterocycles. The Morgan fingerprint density at radius 1 is 0.612 bits per heavy atom. The van der Waals surface area contributed by atoms with Gasteiger partial charge in [0.15, 0.2) is 17.5 Å². The zero-order valence-electron chi connectivity index (χ0n) is 36.2. The molecule has 1 unspecified atom stereocenters. The third-order valence-electron chi connectivity index (χ3n) is 11.8. The number of aromatic hydroxyl groups is 1. The lowest BCUT2D eigenvalue weighted by Crippen LogP contribution is -2.35. The van der Waals surface area contributed by atoms with Crippen LogP contribution in [0, 0.1) is 5.82 Å². The van der Waals surface area contributed by atoms with Crippen molar-refractivity contribution in [2.24, 2.45) is 0 Å². The van der Waals surface area contributed by atoms with Crippen molar-refractivity contribution in [1.29, 1.82) is 0 Å². The molecule has 0 saturated heterocycles. The van der Waals surface area contributed by atoms with Crippen molar-refractivity contribution in [2.45, 2.75) is 26.2 Å². The maximum atomic E-state index is 15.9. The number of rotatable bonds is 11. The Hall–Kier alpha value is -9.05. The van der Waals surface area contributed by atoms with Gasteiger partial charge in [-0.1, -0.05) is 78.9 Å². The lowest BCUT2D eigenvalue weighted by Gasteiger charge is -2.29. The van der Waals surface area contributed by atoms with Crippen LogP contribution in [0.1, 0.15) is 18.1 Å². The Morgan fingerprint density at radius 2 is 1.19 bits per heavy atom. The second-order valence-electron chi connectivity index (χ2n) is 16.2. The van der Waals surface area contributed by atoms with E-state index < -0.39 is 12.0 Å². The van der Waals surface area contributed by atoms with Crippen molar-refractivity contribution in [1.82, 2.24) is 49.5 Å². The van der Waals surface area contributed by atoms with Crippen LogP contribution in [0.4, 0.5) is 21.8 Å². The van der Waals surface area contributed by atoms with Crippen molar-refractivity contribution in [2.75, 3.05) is 23.4 Å². The first kappa shape index (κ1) is 40.7. The lowest BCUT2D eigenvalue weighted by atomic mass is 10.0. The van der Waals surface area contributed by atoms with Crippen LogP contribution in [0.5, 0.6) is 11.5 Å². The molecule has 1 atom stereocenters. The molecule has 0 aliphatic rings. The molecule has 0 amide bonds. The molecule has 0 aliphatic carbocycles. The molecular weight excluding hydrogens is 846 g/mol. The minimum Gasteiger partial charge on any atom is -0.508 e. The molecule has 5 aromatic carbocycles. The maximum Gasteiger partial charge on any atom is 0.170 e. The summed E-state index contributed by atoms with van der Waals surface area (Å²) in [5.74, 6) is 0.861. The molecule has 15 nitrogen and oxygen atoms in total. The van der Waals surface area contributed by atoms with E-state index in [2.05, 4.69) is 32.1 Å². The highest BCUT2D eigenvalue weighted by atomic mass is 19.1. The first-order valence-corrected chi connectivity index (χ1v) is 21.4. The highest BCUT2D eigenvalue weighted by molar-refractivity contribution is 5.99. The monoisotopic (exact) mass is 885 g/mol. The minimum absolute atomic E-state index is 0.0891. The van der Waals surface area contributed by atoms with Gasteiger partial charge in [0, 0.05) is 51.7 Å². The Kier molecular flexibility index (Phi) is 10.0. The molecule has 67 heavy (non-hydrogen) atoms. The molecule has 328 valence electrons. The summed E-state index contributed by atoms with van der Waals surface area (Å²) in [5, 5.41) is 23.2. The third-order valence-corrected chi connectivity index (χ3v) is 11.8. The summed E-state index contributed by atoms with van der Waals surface area (Å²) in [5.41, 5.74) is 21.1. The van der Waals surface area contributed by atoms with Crippen LogP contribution in [0.15, 0.2) is 146 Å². The molecule has 6 heterocycles. The fourth-order valence-corrected chi connectivity index (χ4v) is 8.57. The van der Waals surface area contributed by atoms with Crippen molar-refractivity contribution in [3.05, 3.63) is 163 Å². The van der Waals surface area contributed by atoms with Gasteiger partial charge in [-0.05, 0) is 55.5 Å². The van der Waals surface area contributed by atoms with Gasteiger partial charge in [-0.2, -0.15) is 10.2 Å². The van der Waals surface area contributed by atoms with Gasteiger partial charge in [-0.15, -0.1) is 0 Å². The fraction of sp³-hybridized carbons (Fsp3) is 0.0980. The highest BCUT2D eigenvalue weighted by Crippen LogP contribution is 2.37. The van der Waals surface area contributed by atoms with Crippen molar-refractivity contribution in [3.8, 4) is 45.3 Å². The van der Waals surface area contributed by atoms with Gasteiger partial charge >= 0.3 is 0 Å². The number of hydrogen-bond acceptors (Lipinski definition) is 13. The fourth-order valence-electron chi connectivity index (χ4n) is 8.57. The molecule has 0 fully saturated rings. The number of nitrogen functional groups attached to an aromatic ring is 2. The Morgan fingerprint density at radius 3 is 1.87 bits per heavy atom. The van der Waals surface area contributed by atoms with Gasteiger partial charge in [-0.3, -0.25) is 0 Å². The van der Waals surface area contributed by atoms with E-state index in [-0.39, 0.29) is 29.7 Å². The number of ether oxygens (including phenoxy) is 1. The number of hydrogen-bond donors (Lipinski definition) is 3. The highest BCUT2D eigenvalue weighted by Gasteiger charge is 2.24. The molecule has 0 spiro atoms. The predicted molar refractivity (Wildman–Crippen MR) is 258 cm³/mol. The number of nitrogens with two attached hydrogens (primary N) is 2. The molecule has 0 saturated carbocycles. The first-order chi connectivity index (χ1) is 32.6. The van der Waals surface area contributed by atoms with Crippen LogP contribution >= 0.6 is 0 Å². The van der Waals surface area contributed by atoms with Crippen molar-refractivity contribution >= 4 is 61.3 Å². The van der Waals surface area contributed by atoms with Crippen LogP contribution in [0.2, 0.25) is 0 Å². The van der Waals surface area contributed by atoms with Crippen molar-refractivity contribution < 1.29 is 14.2 Å². The number of phenols is 1. The number of fused-ring (bicyclic) bond motifs is 4. The third kappa shape index (κ3) is 7.55. The smallest absolute Gasteiger partial charge is 0.170 e. The Bertz CT molecular complexity index is 3690. The Labute approximate surface area is 381 Å². The maximum absolute atomic E-state index is 15.9. The zero-order chi connectivity index (χ0) is 45.8. The number of benzene rings is 5. The van der Waals surface area contributed by atoms with Gasteiger partial charge in [0.25, 0.3) is 0 Å². The second-order valence-corrected chi connectivity index (χ2v) is 16.2. The number of aromatic nitrogens is 10. The summed E-state index contributed by atoms with van der Waals surface area (Å²) in [6.07, 6.45) is 2.13. The van der Waals surface area contributed by atoms with E-state index in [1.54, 1.807) is 33.6 Å². The zero-order valence-corrected chi connectivity index (χ0v) is 36.2. The second kappa shape index (κ2) is 16.5. The van der Waals surface area contributed by atoms with E-state index in [1.807, 2.05) is 104 Å². The van der Waals surface area contributed by atoms with E-state index in [9.17, 15) is 5.11 Å². The van der Waals surface area contributed by atoms with Gasteiger partial charge in [0.1, 0.15) is 58.8 Å².